The number of nitriles is 1. The van der Waals surface area contributed by atoms with Crippen LogP contribution in [0.3, 0.4) is 0 Å². The van der Waals surface area contributed by atoms with E-state index in [2.05, 4.69) is 10.2 Å². The smallest absolute Gasteiger partial charge is 0.271 e. The lowest BCUT2D eigenvalue weighted by Gasteiger charge is -2.30. The van der Waals surface area contributed by atoms with Gasteiger partial charge in [0.15, 0.2) is 6.04 Å². The Bertz CT molecular complexity index is 714. The van der Waals surface area contributed by atoms with Crippen LogP contribution in [0.25, 0.3) is 0 Å². The second-order valence-corrected chi connectivity index (χ2v) is 5.77. The van der Waals surface area contributed by atoms with Crippen LogP contribution in [-0.4, -0.2) is 29.3 Å². The summed E-state index contributed by atoms with van der Waals surface area (Å²) in [6.45, 7) is 5.64. The molecule has 0 aliphatic carbocycles. The third-order valence-electron chi connectivity index (χ3n) is 3.47. The first-order valence-electron chi connectivity index (χ1n) is 7.38. The van der Waals surface area contributed by atoms with Crippen molar-refractivity contribution >= 4 is 17.5 Å². The number of benzene rings is 1. The second-order valence-electron chi connectivity index (χ2n) is 5.77. The molecule has 2 amide bonds. The number of azo groups is 1. The fraction of sp³-hybridized carbons (Fsp3) is 0.353. The van der Waals surface area contributed by atoms with Gasteiger partial charge in [0.1, 0.15) is 11.6 Å². The minimum Gasteiger partial charge on any atom is -0.275 e. The molecule has 2 rings (SSSR count). The number of hydrogen-bond acceptors (Lipinski definition) is 5. The molecule has 1 atom stereocenters. The Balaban J connectivity index is 2.38. The zero-order valence-corrected chi connectivity index (χ0v) is 13.4. The van der Waals surface area contributed by atoms with E-state index < -0.39 is 17.9 Å². The normalized spacial score (nSPS) is 18.9. The van der Waals surface area contributed by atoms with Crippen molar-refractivity contribution in [3.63, 3.8) is 0 Å². The molecule has 0 saturated carbocycles. The van der Waals surface area contributed by atoms with Gasteiger partial charge in [-0.25, -0.2) is 0 Å². The molecule has 0 N–H and O–H groups in total. The molecule has 1 aromatic carbocycles. The Labute approximate surface area is 135 Å². The monoisotopic (exact) mass is 310 g/mol. The van der Waals surface area contributed by atoms with Gasteiger partial charge in [0, 0.05) is 6.54 Å². The summed E-state index contributed by atoms with van der Waals surface area (Å²) < 4.78 is 0. The van der Waals surface area contributed by atoms with Crippen molar-refractivity contribution in [1.29, 1.82) is 5.26 Å². The molecule has 6 heteroatoms. The molecule has 1 unspecified atom stereocenters. The molecule has 118 valence electrons. The van der Waals surface area contributed by atoms with Crippen LogP contribution < -0.4 is 0 Å². The topological polar surface area (TPSA) is 85.9 Å². The minimum absolute atomic E-state index is 0.0257. The van der Waals surface area contributed by atoms with E-state index in [0.29, 0.717) is 11.3 Å². The van der Waals surface area contributed by atoms with E-state index in [4.69, 9.17) is 0 Å². The predicted molar refractivity (Wildman–Crippen MR) is 84.6 cm³/mol. The van der Waals surface area contributed by atoms with Crippen molar-refractivity contribution < 1.29 is 9.59 Å². The van der Waals surface area contributed by atoms with Gasteiger partial charge in [-0.3, -0.25) is 14.5 Å². The van der Waals surface area contributed by atoms with Gasteiger partial charge in [0.05, 0.1) is 5.69 Å². The first-order valence-corrected chi connectivity index (χ1v) is 7.38. The average molecular weight is 310 g/mol. The number of carbonyl (C=O) groups excluding carboxylic acids is 2. The highest BCUT2D eigenvalue weighted by molar-refractivity contribution is 6.12. The lowest BCUT2D eigenvalue weighted by Crippen LogP contribution is -2.49. The molecule has 0 aromatic heterocycles. The van der Waals surface area contributed by atoms with Gasteiger partial charge >= 0.3 is 0 Å². The molecular formula is C17H18N4O2. The van der Waals surface area contributed by atoms with E-state index in [1.165, 1.54) is 0 Å². The van der Waals surface area contributed by atoms with E-state index in [-0.39, 0.29) is 18.0 Å². The highest BCUT2D eigenvalue weighted by Crippen LogP contribution is 2.25. The Kier molecular flexibility index (Phi) is 5.02. The van der Waals surface area contributed by atoms with Crippen LogP contribution in [0.15, 0.2) is 51.7 Å². The van der Waals surface area contributed by atoms with Crippen LogP contribution in [-0.2, 0) is 9.59 Å². The number of hydrogen-bond donors (Lipinski definition) is 0. The van der Waals surface area contributed by atoms with Gasteiger partial charge in [-0.15, -0.1) is 0 Å². The first kappa shape index (κ1) is 16.6. The van der Waals surface area contributed by atoms with Gasteiger partial charge in [0.25, 0.3) is 11.8 Å². The number of imide groups is 1. The van der Waals surface area contributed by atoms with Crippen molar-refractivity contribution in [2.45, 2.75) is 26.8 Å². The molecule has 1 aliphatic rings. The fourth-order valence-corrected chi connectivity index (χ4v) is 2.30. The minimum atomic E-state index is -0.929. The second kappa shape index (κ2) is 6.97. The maximum absolute atomic E-state index is 12.6. The summed E-state index contributed by atoms with van der Waals surface area (Å²) in [5, 5.41) is 17.4. The third-order valence-corrected chi connectivity index (χ3v) is 3.47. The fourth-order valence-electron chi connectivity index (χ4n) is 2.30. The van der Waals surface area contributed by atoms with Crippen LogP contribution in [0.1, 0.15) is 20.8 Å². The summed E-state index contributed by atoms with van der Waals surface area (Å²) in [7, 11) is 0. The highest BCUT2D eigenvalue weighted by atomic mass is 16.2. The third kappa shape index (κ3) is 3.51. The molecule has 1 aliphatic heterocycles. The van der Waals surface area contributed by atoms with Crippen LogP contribution in [0.2, 0.25) is 0 Å². The van der Waals surface area contributed by atoms with E-state index >= 15 is 0 Å². The van der Waals surface area contributed by atoms with Gasteiger partial charge < -0.3 is 0 Å². The number of rotatable bonds is 4. The molecular weight excluding hydrogens is 292 g/mol. The summed E-state index contributed by atoms with van der Waals surface area (Å²) in [4.78, 5) is 26.0. The zero-order valence-electron chi connectivity index (χ0n) is 13.4. The predicted octanol–water partition coefficient (Wildman–Crippen LogP) is 3.00. The summed E-state index contributed by atoms with van der Waals surface area (Å²) in [6, 6.07) is 9.97. The van der Waals surface area contributed by atoms with E-state index in [1.54, 1.807) is 19.1 Å². The molecule has 1 heterocycles. The Morgan fingerprint density at radius 1 is 1.26 bits per heavy atom. The quantitative estimate of drug-likeness (QED) is 0.632. The summed E-state index contributed by atoms with van der Waals surface area (Å²) in [5.74, 6) is -0.872. The SMILES string of the molecule is CC1=C(C#N)C(=O)N(CC(C)C)C(=O)C1N=Nc1ccccc1. The van der Waals surface area contributed by atoms with E-state index in [1.807, 2.05) is 38.1 Å². The molecule has 0 fully saturated rings. The molecule has 0 radical (unpaired) electrons. The maximum Gasteiger partial charge on any atom is 0.271 e. The van der Waals surface area contributed by atoms with Crippen molar-refractivity contribution in [3.8, 4) is 6.07 Å². The Morgan fingerprint density at radius 2 is 1.91 bits per heavy atom. The van der Waals surface area contributed by atoms with Crippen LogP contribution in [0.4, 0.5) is 5.69 Å². The standard InChI is InChI=1S/C17H18N4O2/c1-11(2)10-21-16(22)14(9-18)12(3)15(17(21)23)20-19-13-7-5-4-6-8-13/h4-8,11,15H,10H2,1-3H3. The summed E-state index contributed by atoms with van der Waals surface area (Å²) in [5.41, 5.74) is 0.934. The van der Waals surface area contributed by atoms with Gasteiger partial charge in [-0.1, -0.05) is 32.0 Å². The molecule has 1 aromatic rings. The van der Waals surface area contributed by atoms with Crippen molar-refractivity contribution in [2.24, 2.45) is 16.1 Å². The zero-order chi connectivity index (χ0) is 17.0. The van der Waals surface area contributed by atoms with Crippen molar-refractivity contribution in [2.75, 3.05) is 6.54 Å². The van der Waals surface area contributed by atoms with E-state index in [9.17, 15) is 14.9 Å². The molecule has 0 bridgehead atoms. The van der Waals surface area contributed by atoms with Gasteiger partial charge in [-0.05, 0) is 30.5 Å². The molecule has 23 heavy (non-hydrogen) atoms. The Morgan fingerprint density at radius 3 is 2.48 bits per heavy atom. The van der Waals surface area contributed by atoms with Crippen molar-refractivity contribution in [3.05, 3.63) is 41.5 Å². The lowest BCUT2D eigenvalue weighted by molar-refractivity contribution is -0.144. The summed E-state index contributed by atoms with van der Waals surface area (Å²) in [6.07, 6.45) is 0. The van der Waals surface area contributed by atoms with Gasteiger partial charge in [0.2, 0.25) is 0 Å². The summed E-state index contributed by atoms with van der Waals surface area (Å²) >= 11 is 0. The van der Waals surface area contributed by atoms with Crippen LogP contribution >= 0.6 is 0 Å². The molecule has 0 saturated heterocycles. The van der Waals surface area contributed by atoms with Crippen molar-refractivity contribution in [1.82, 2.24) is 4.90 Å². The lowest BCUT2D eigenvalue weighted by atomic mass is 9.96. The van der Waals surface area contributed by atoms with Crippen LogP contribution in [0.5, 0.6) is 0 Å². The number of carbonyl (C=O) groups is 2. The van der Waals surface area contributed by atoms with E-state index in [0.717, 1.165) is 4.90 Å². The highest BCUT2D eigenvalue weighted by Gasteiger charge is 2.39. The van der Waals surface area contributed by atoms with Crippen LogP contribution in [0, 0.1) is 17.2 Å². The number of amides is 2. The Hall–Kier alpha value is -2.81. The molecule has 0 spiro atoms. The maximum atomic E-state index is 12.6. The number of nitrogens with zero attached hydrogens (tertiary/aromatic N) is 4. The first-order chi connectivity index (χ1) is 11.0. The van der Waals surface area contributed by atoms with Gasteiger partial charge in [-0.2, -0.15) is 15.5 Å². The average Bonchev–Trinajstić information content (AvgIpc) is 2.53. The largest absolute Gasteiger partial charge is 0.275 e. The molecule has 6 nitrogen and oxygen atoms in total.